The van der Waals surface area contributed by atoms with Crippen molar-refractivity contribution in [2.24, 2.45) is 0 Å². The van der Waals surface area contributed by atoms with E-state index in [0.29, 0.717) is 11.3 Å². The van der Waals surface area contributed by atoms with Crippen LogP contribution in [0, 0.1) is 6.92 Å². The van der Waals surface area contributed by atoms with Crippen LogP contribution in [-0.2, 0) is 9.59 Å². The Balaban J connectivity index is 1.74. The van der Waals surface area contributed by atoms with Crippen molar-refractivity contribution in [2.45, 2.75) is 13.8 Å². The molecule has 2 amide bonds. The van der Waals surface area contributed by atoms with E-state index in [9.17, 15) is 14.4 Å². The molecule has 1 fully saturated rings. The third-order valence-electron chi connectivity index (χ3n) is 4.50. The van der Waals surface area contributed by atoms with Crippen LogP contribution in [0.2, 0.25) is 0 Å². The molecule has 0 atom stereocenters. The fourth-order valence-electron chi connectivity index (χ4n) is 2.96. The summed E-state index contributed by atoms with van der Waals surface area (Å²) in [6.45, 7) is 3.57. The number of nitrogens with zero attached hydrogens (tertiary/aromatic N) is 1. The molecule has 0 radical (unpaired) electrons. The summed E-state index contributed by atoms with van der Waals surface area (Å²) >= 11 is 0.843. The minimum absolute atomic E-state index is 0.133. The van der Waals surface area contributed by atoms with Crippen LogP contribution in [-0.4, -0.2) is 49.4 Å². The highest BCUT2D eigenvalue weighted by Crippen LogP contribution is 2.40. The third-order valence-corrected chi connectivity index (χ3v) is 5.41. The lowest BCUT2D eigenvalue weighted by molar-refractivity contribution is -0.132. The number of ether oxygens (including phenoxy) is 4. The van der Waals surface area contributed by atoms with Gasteiger partial charge >= 0.3 is 5.97 Å². The summed E-state index contributed by atoms with van der Waals surface area (Å²) in [4.78, 5) is 37.9. The quantitative estimate of drug-likeness (QED) is 0.333. The number of amides is 2. The summed E-state index contributed by atoms with van der Waals surface area (Å²) in [5.74, 6) is 0.400. The van der Waals surface area contributed by atoms with Crippen LogP contribution in [0.3, 0.4) is 0 Å². The lowest BCUT2D eigenvalue weighted by Gasteiger charge is -2.14. The maximum atomic E-state index is 12.8. The highest BCUT2D eigenvalue weighted by molar-refractivity contribution is 8.18. The van der Waals surface area contributed by atoms with Gasteiger partial charge in [0.05, 0.1) is 25.7 Å². The normalized spacial score (nSPS) is 14.6. The summed E-state index contributed by atoms with van der Waals surface area (Å²) in [5, 5.41) is -0.371. The van der Waals surface area contributed by atoms with Gasteiger partial charge in [-0.1, -0.05) is 17.7 Å². The molecule has 2 aromatic rings. The first kappa shape index (κ1) is 23.2. The maximum Gasteiger partial charge on any atom is 0.308 e. The average Bonchev–Trinajstić information content (AvgIpc) is 3.02. The summed E-state index contributed by atoms with van der Waals surface area (Å²) < 4.78 is 21.4. The van der Waals surface area contributed by atoms with Crippen molar-refractivity contribution in [3.63, 3.8) is 0 Å². The second kappa shape index (κ2) is 10.2. The highest BCUT2D eigenvalue weighted by Gasteiger charge is 2.35. The van der Waals surface area contributed by atoms with Gasteiger partial charge in [0.1, 0.15) is 12.4 Å². The minimum Gasteiger partial charge on any atom is -0.493 e. The van der Waals surface area contributed by atoms with E-state index in [1.807, 2.05) is 31.2 Å². The first-order chi connectivity index (χ1) is 15.3. The van der Waals surface area contributed by atoms with Gasteiger partial charge in [-0.15, -0.1) is 0 Å². The SMILES string of the molecule is COc1cc(/C=C2\SC(=O)N(CCOc3ccc(C)cc3)C2=O)cc(OC)c1OC(C)=O. The van der Waals surface area contributed by atoms with Crippen molar-refractivity contribution < 1.29 is 33.3 Å². The van der Waals surface area contributed by atoms with Gasteiger partial charge in [-0.05, 0) is 54.6 Å². The highest BCUT2D eigenvalue weighted by atomic mass is 32.2. The van der Waals surface area contributed by atoms with Gasteiger partial charge in [0.25, 0.3) is 11.1 Å². The smallest absolute Gasteiger partial charge is 0.308 e. The summed E-state index contributed by atoms with van der Waals surface area (Å²) in [6, 6.07) is 10.7. The lowest BCUT2D eigenvalue weighted by atomic mass is 10.1. The van der Waals surface area contributed by atoms with Gasteiger partial charge in [-0.25, -0.2) is 0 Å². The number of aryl methyl sites for hydroxylation is 1. The Labute approximate surface area is 190 Å². The Morgan fingerprint density at radius 3 is 2.25 bits per heavy atom. The molecule has 0 aromatic heterocycles. The zero-order valence-corrected chi connectivity index (χ0v) is 19.0. The van der Waals surface area contributed by atoms with E-state index in [1.54, 1.807) is 18.2 Å². The van der Waals surface area contributed by atoms with Crippen LogP contribution in [0.5, 0.6) is 23.0 Å². The van der Waals surface area contributed by atoms with Crippen molar-refractivity contribution in [1.82, 2.24) is 4.90 Å². The molecule has 3 rings (SSSR count). The van der Waals surface area contributed by atoms with E-state index in [1.165, 1.54) is 21.1 Å². The fourth-order valence-corrected chi connectivity index (χ4v) is 3.83. The number of rotatable bonds is 8. The van der Waals surface area contributed by atoms with E-state index < -0.39 is 11.9 Å². The topological polar surface area (TPSA) is 91.4 Å². The van der Waals surface area contributed by atoms with Crippen LogP contribution >= 0.6 is 11.8 Å². The van der Waals surface area contributed by atoms with Crippen molar-refractivity contribution in [3.8, 4) is 23.0 Å². The number of hydrogen-bond acceptors (Lipinski definition) is 8. The molecule has 1 aliphatic rings. The van der Waals surface area contributed by atoms with Crippen LogP contribution in [0.15, 0.2) is 41.3 Å². The molecule has 1 heterocycles. The standard InChI is InChI=1S/C23H23NO7S/c1-14-5-7-17(8-6-14)30-10-9-24-22(26)20(32-23(24)27)13-16-11-18(28-3)21(31-15(2)25)19(12-16)29-4/h5-8,11-13H,9-10H2,1-4H3/b20-13-. The number of benzene rings is 2. The lowest BCUT2D eigenvalue weighted by Crippen LogP contribution is -2.32. The van der Waals surface area contributed by atoms with Crippen molar-refractivity contribution in [1.29, 1.82) is 0 Å². The molecule has 168 valence electrons. The molecule has 0 unspecified atom stereocenters. The van der Waals surface area contributed by atoms with Gasteiger partial charge in [0, 0.05) is 6.92 Å². The molecule has 32 heavy (non-hydrogen) atoms. The molecule has 0 bridgehead atoms. The number of esters is 1. The van der Waals surface area contributed by atoms with E-state index in [2.05, 4.69) is 0 Å². The average molecular weight is 458 g/mol. The summed E-state index contributed by atoms with van der Waals surface area (Å²) in [7, 11) is 2.85. The van der Waals surface area contributed by atoms with Crippen LogP contribution < -0.4 is 18.9 Å². The fraction of sp³-hybridized carbons (Fsp3) is 0.261. The first-order valence-electron chi connectivity index (χ1n) is 9.71. The Morgan fingerprint density at radius 1 is 1.06 bits per heavy atom. The molecule has 2 aromatic carbocycles. The van der Waals surface area contributed by atoms with Crippen molar-refractivity contribution in [2.75, 3.05) is 27.4 Å². The number of imide groups is 1. The molecular weight excluding hydrogens is 434 g/mol. The molecule has 0 N–H and O–H groups in total. The molecule has 0 saturated carbocycles. The molecular formula is C23H23NO7S. The van der Waals surface area contributed by atoms with E-state index in [-0.39, 0.29) is 40.5 Å². The maximum absolute atomic E-state index is 12.8. The predicted octanol–water partition coefficient (Wildman–Crippen LogP) is 4.05. The van der Waals surface area contributed by atoms with Crippen LogP contribution in [0.1, 0.15) is 18.1 Å². The molecule has 0 aliphatic carbocycles. The number of carbonyl (C=O) groups excluding carboxylic acids is 3. The first-order valence-corrected chi connectivity index (χ1v) is 10.5. The minimum atomic E-state index is -0.525. The van der Waals surface area contributed by atoms with Gasteiger partial charge in [-0.3, -0.25) is 19.3 Å². The molecule has 1 saturated heterocycles. The van der Waals surface area contributed by atoms with E-state index >= 15 is 0 Å². The number of carbonyl (C=O) groups is 3. The summed E-state index contributed by atoms with van der Waals surface area (Å²) in [6.07, 6.45) is 1.56. The van der Waals surface area contributed by atoms with E-state index in [4.69, 9.17) is 18.9 Å². The summed E-state index contributed by atoms with van der Waals surface area (Å²) in [5.41, 5.74) is 1.67. The van der Waals surface area contributed by atoms with Gasteiger partial charge in [0.15, 0.2) is 11.5 Å². The Kier molecular flexibility index (Phi) is 7.42. The van der Waals surface area contributed by atoms with Crippen molar-refractivity contribution >= 4 is 35.0 Å². The monoisotopic (exact) mass is 457 g/mol. The Morgan fingerprint density at radius 2 is 1.69 bits per heavy atom. The number of thioether (sulfide) groups is 1. The molecule has 8 nitrogen and oxygen atoms in total. The number of hydrogen-bond donors (Lipinski definition) is 0. The predicted molar refractivity (Wildman–Crippen MR) is 120 cm³/mol. The number of methoxy groups -OCH3 is 2. The molecule has 0 spiro atoms. The second-order valence-corrected chi connectivity index (χ2v) is 7.84. The zero-order chi connectivity index (χ0) is 23.3. The van der Waals surface area contributed by atoms with Gasteiger partial charge in [0.2, 0.25) is 5.75 Å². The van der Waals surface area contributed by atoms with Crippen LogP contribution in [0.25, 0.3) is 6.08 Å². The Bertz CT molecular complexity index is 1040. The Hall–Kier alpha value is -3.46. The third kappa shape index (κ3) is 5.42. The zero-order valence-electron chi connectivity index (χ0n) is 18.2. The second-order valence-electron chi connectivity index (χ2n) is 6.84. The van der Waals surface area contributed by atoms with Gasteiger partial charge < -0.3 is 18.9 Å². The largest absolute Gasteiger partial charge is 0.493 e. The van der Waals surface area contributed by atoms with Crippen molar-refractivity contribution in [3.05, 3.63) is 52.4 Å². The van der Waals surface area contributed by atoms with Crippen LogP contribution in [0.4, 0.5) is 4.79 Å². The molecule has 1 aliphatic heterocycles. The van der Waals surface area contributed by atoms with Gasteiger partial charge in [-0.2, -0.15) is 0 Å². The van der Waals surface area contributed by atoms with E-state index in [0.717, 1.165) is 22.2 Å². The molecule has 9 heteroatoms.